The van der Waals surface area contributed by atoms with Crippen LogP contribution in [0.4, 0.5) is 0 Å². The largest absolute Gasteiger partial charge is 0.349 e. The number of aldehydes is 1. The van der Waals surface area contributed by atoms with Gasteiger partial charge in [-0.1, -0.05) is 32.0 Å². The minimum absolute atomic E-state index is 0.183. The van der Waals surface area contributed by atoms with Gasteiger partial charge in [-0.05, 0) is 30.5 Å². The van der Waals surface area contributed by atoms with Gasteiger partial charge in [-0.25, -0.2) is 0 Å². The summed E-state index contributed by atoms with van der Waals surface area (Å²) in [6, 6.07) is 6.27. The summed E-state index contributed by atoms with van der Waals surface area (Å²) in [5, 5.41) is 2.60. The van der Waals surface area contributed by atoms with Gasteiger partial charge in [0.05, 0.1) is 0 Å². The number of rotatable bonds is 4. The fourth-order valence-electron chi connectivity index (χ4n) is 1.61. The van der Waals surface area contributed by atoms with Gasteiger partial charge < -0.3 is 5.32 Å². The van der Waals surface area contributed by atoms with Gasteiger partial charge in [0, 0.05) is 12.0 Å². The van der Waals surface area contributed by atoms with Crippen LogP contribution < -0.4 is 5.32 Å². The first-order valence-corrected chi connectivity index (χ1v) is 5.67. The number of benzene rings is 1. The SMILES string of the molecule is Cc1ccc(C(C)(C)CNC(=O)C=O)cc1C. The molecule has 0 fully saturated rings. The van der Waals surface area contributed by atoms with E-state index in [1.807, 2.05) is 13.8 Å². The fraction of sp³-hybridized carbons (Fsp3) is 0.429. The van der Waals surface area contributed by atoms with Gasteiger partial charge in [0.2, 0.25) is 6.29 Å². The third kappa shape index (κ3) is 3.41. The lowest BCUT2D eigenvalue weighted by Gasteiger charge is -2.26. The second-order valence-corrected chi connectivity index (χ2v) is 5.02. The highest BCUT2D eigenvalue weighted by Crippen LogP contribution is 2.24. The molecule has 92 valence electrons. The van der Waals surface area contributed by atoms with Crippen LogP contribution in [-0.4, -0.2) is 18.7 Å². The maximum absolute atomic E-state index is 10.9. The molecule has 0 aliphatic carbocycles. The zero-order valence-corrected chi connectivity index (χ0v) is 10.8. The van der Waals surface area contributed by atoms with Crippen molar-refractivity contribution in [1.29, 1.82) is 0 Å². The minimum Gasteiger partial charge on any atom is -0.349 e. The summed E-state index contributed by atoms with van der Waals surface area (Å²) >= 11 is 0. The van der Waals surface area contributed by atoms with Crippen LogP contribution in [0.25, 0.3) is 0 Å². The van der Waals surface area contributed by atoms with Gasteiger partial charge >= 0.3 is 0 Å². The maximum Gasteiger partial charge on any atom is 0.284 e. The molecule has 17 heavy (non-hydrogen) atoms. The lowest BCUT2D eigenvalue weighted by Crippen LogP contribution is -2.37. The normalized spacial score (nSPS) is 11.1. The van der Waals surface area contributed by atoms with Crippen molar-refractivity contribution in [3.8, 4) is 0 Å². The lowest BCUT2D eigenvalue weighted by molar-refractivity contribution is -0.131. The van der Waals surface area contributed by atoms with Crippen LogP contribution in [0.15, 0.2) is 18.2 Å². The Hall–Kier alpha value is -1.64. The summed E-state index contributed by atoms with van der Waals surface area (Å²) in [7, 11) is 0. The number of carbonyl (C=O) groups is 2. The van der Waals surface area contributed by atoms with Gasteiger partial charge in [0.1, 0.15) is 0 Å². The predicted octanol–water partition coefficient (Wildman–Crippen LogP) is 1.90. The highest BCUT2D eigenvalue weighted by molar-refractivity contribution is 6.23. The molecule has 1 amide bonds. The number of amides is 1. The van der Waals surface area contributed by atoms with E-state index in [1.54, 1.807) is 0 Å². The van der Waals surface area contributed by atoms with E-state index in [9.17, 15) is 9.59 Å². The molecule has 0 aliphatic heterocycles. The quantitative estimate of drug-likeness (QED) is 0.637. The van der Waals surface area contributed by atoms with E-state index in [-0.39, 0.29) is 5.41 Å². The molecule has 0 radical (unpaired) electrons. The van der Waals surface area contributed by atoms with Crippen molar-refractivity contribution < 1.29 is 9.59 Å². The van der Waals surface area contributed by atoms with Crippen LogP contribution in [-0.2, 0) is 15.0 Å². The molecule has 0 heterocycles. The van der Waals surface area contributed by atoms with E-state index in [0.29, 0.717) is 12.8 Å². The number of hydrogen-bond acceptors (Lipinski definition) is 2. The lowest BCUT2D eigenvalue weighted by atomic mass is 9.83. The van der Waals surface area contributed by atoms with Crippen molar-refractivity contribution in [2.45, 2.75) is 33.1 Å². The average molecular weight is 233 g/mol. The molecule has 0 aromatic heterocycles. The van der Waals surface area contributed by atoms with E-state index in [4.69, 9.17) is 0 Å². The Balaban J connectivity index is 2.84. The second-order valence-electron chi connectivity index (χ2n) is 5.02. The van der Waals surface area contributed by atoms with E-state index in [1.165, 1.54) is 11.1 Å². The molecule has 1 aromatic carbocycles. The van der Waals surface area contributed by atoms with Gasteiger partial charge in [-0.3, -0.25) is 9.59 Å². The topological polar surface area (TPSA) is 46.2 Å². The maximum atomic E-state index is 10.9. The Kier molecular flexibility index (Phi) is 4.05. The standard InChI is InChI=1S/C14H19NO2/c1-10-5-6-12(7-11(10)2)14(3,4)9-15-13(17)8-16/h5-8H,9H2,1-4H3,(H,15,17). The zero-order chi connectivity index (χ0) is 13.1. The highest BCUT2D eigenvalue weighted by atomic mass is 16.2. The van der Waals surface area contributed by atoms with Gasteiger partial charge in [0.15, 0.2) is 0 Å². The summed E-state index contributed by atoms with van der Waals surface area (Å²) < 4.78 is 0. The molecular weight excluding hydrogens is 214 g/mol. The molecule has 3 nitrogen and oxygen atoms in total. The van der Waals surface area contributed by atoms with Crippen LogP contribution in [0.3, 0.4) is 0 Å². The fourth-order valence-corrected chi connectivity index (χ4v) is 1.61. The molecule has 3 heteroatoms. The molecule has 1 aromatic rings. The van der Waals surface area contributed by atoms with Gasteiger partial charge in [-0.2, -0.15) is 0 Å². The summed E-state index contributed by atoms with van der Waals surface area (Å²) in [6.45, 7) is 8.68. The molecule has 1 rings (SSSR count). The molecule has 0 saturated heterocycles. The Morgan fingerprint density at radius 2 is 1.94 bits per heavy atom. The predicted molar refractivity (Wildman–Crippen MR) is 68.0 cm³/mol. The van der Waals surface area contributed by atoms with Crippen LogP contribution >= 0.6 is 0 Å². The second kappa shape index (κ2) is 5.13. The summed E-state index contributed by atoms with van der Waals surface area (Å²) in [6.07, 6.45) is 0.302. The average Bonchev–Trinajstić information content (AvgIpc) is 2.29. The third-order valence-corrected chi connectivity index (χ3v) is 3.10. The van der Waals surface area contributed by atoms with Gasteiger partial charge in [0.25, 0.3) is 5.91 Å². The molecule has 0 atom stereocenters. The van der Waals surface area contributed by atoms with Crippen molar-refractivity contribution in [2.75, 3.05) is 6.54 Å². The minimum atomic E-state index is -0.568. The van der Waals surface area contributed by atoms with Crippen molar-refractivity contribution >= 4 is 12.2 Å². The first-order chi connectivity index (χ1) is 7.86. The first-order valence-electron chi connectivity index (χ1n) is 5.67. The number of aryl methyl sites for hydroxylation is 2. The van der Waals surface area contributed by atoms with Crippen LogP contribution in [0.1, 0.15) is 30.5 Å². The third-order valence-electron chi connectivity index (χ3n) is 3.10. The molecule has 0 spiro atoms. The van der Waals surface area contributed by atoms with Crippen molar-refractivity contribution in [3.63, 3.8) is 0 Å². The molecule has 0 saturated carbocycles. The van der Waals surface area contributed by atoms with Gasteiger partial charge in [-0.15, -0.1) is 0 Å². The smallest absolute Gasteiger partial charge is 0.284 e. The first kappa shape index (κ1) is 13.4. The van der Waals surface area contributed by atoms with Crippen molar-refractivity contribution in [2.24, 2.45) is 0 Å². The zero-order valence-electron chi connectivity index (χ0n) is 10.8. The monoisotopic (exact) mass is 233 g/mol. The number of hydrogen-bond donors (Lipinski definition) is 1. The number of carbonyl (C=O) groups excluding carboxylic acids is 2. The Morgan fingerprint density at radius 3 is 2.47 bits per heavy atom. The Morgan fingerprint density at radius 1 is 1.29 bits per heavy atom. The van der Waals surface area contributed by atoms with Crippen LogP contribution in [0.2, 0.25) is 0 Å². The van der Waals surface area contributed by atoms with Crippen LogP contribution in [0, 0.1) is 13.8 Å². The number of nitrogens with one attached hydrogen (secondary N) is 1. The van der Waals surface area contributed by atoms with Crippen molar-refractivity contribution in [3.05, 3.63) is 34.9 Å². The van der Waals surface area contributed by atoms with E-state index >= 15 is 0 Å². The van der Waals surface area contributed by atoms with E-state index in [0.717, 1.165) is 5.56 Å². The summed E-state index contributed by atoms with van der Waals surface area (Å²) in [5.74, 6) is -0.568. The summed E-state index contributed by atoms with van der Waals surface area (Å²) in [5.41, 5.74) is 3.46. The van der Waals surface area contributed by atoms with Crippen LogP contribution in [0.5, 0.6) is 0 Å². The Bertz CT molecular complexity index is 436. The molecule has 1 N–H and O–H groups in total. The highest BCUT2D eigenvalue weighted by Gasteiger charge is 2.21. The van der Waals surface area contributed by atoms with E-state index < -0.39 is 5.91 Å². The molecule has 0 aliphatic rings. The van der Waals surface area contributed by atoms with Crippen molar-refractivity contribution in [1.82, 2.24) is 5.32 Å². The van der Waals surface area contributed by atoms with E-state index in [2.05, 4.69) is 37.4 Å². The molecular formula is C14H19NO2. The Labute approximate surface area is 102 Å². The molecule has 0 unspecified atom stereocenters. The molecule has 0 bridgehead atoms. The summed E-state index contributed by atoms with van der Waals surface area (Å²) in [4.78, 5) is 21.2.